The number of aryl methyl sites for hydroxylation is 3. The van der Waals surface area contributed by atoms with Gasteiger partial charge in [0.05, 0.1) is 5.69 Å². The van der Waals surface area contributed by atoms with Gasteiger partial charge >= 0.3 is 0 Å². The Kier molecular flexibility index (Phi) is 2.13. The van der Waals surface area contributed by atoms with Crippen LogP contribution in [-0.2, 0) is 26.3 Å². The van der Waals surface area contributed by atoms with E-state index in [-0.39, 0.29) is 0 Å². The van der Waals surface area contributed by atoms with Crippen LogP contribution >= 0.6 is 0 Å². The molecule has 82 valence electrons. The predicted molar refractivity (Wildman–Crippen MR) is 67.6 cm³/mol. The Hall–Kier alpha value is -1.50. The van der Waals surface area contributed by atoms with E-state index in [2.05, 4.69) is 48.9 Å². The minimum atomic E-state index is 1.12. The van der Waals surface area contributed by atoms with Crippen LogP contribution in [0.3, 0.4) is 0 Å². The molecule has 0 unspecified atom stereocenters. The van der Waals surface area contributed by atoms with Gasteiger partial charge in [0.25, 0.3) is 0 Å². The van der Waals surface area contributed by atoms with Crippen molar-refractivity contribution < 1.29 is 0 Å². The highest BCUT2D eigenvalue weighted by atomic mass is 15.0. The SMILES string of the molecule is CCc1cc2c(n1C)-c1ccccc1CC2. The van der Waals surface area contributed by atoms with Crippen LogP contribution in [0, 0.1) is 0 Å². The molecule has 1 nitrogen and oxygen atoms in total. The largest absolute Gasteiger partial charge is 0.347 e. The van der Waals surface area contributed by atoms with Crippen LogP contribution in [0.1, 0.15) is 23.7 Å². The van der Waals surface area contributed by atoms with Crippen LogP contribution in [0.4, 0.5) is 0 Å². The van der Waals surface area contributed by atoms with E-state index in [1.54, 1.807) is 0 Å². The summed E-state index contributed by atoms with van der Waals surface area (Å²) in [6.45, 7) is 2.23. The third-order valence-corrected chi connectivity index (χ3v) is 3.71. The van der Waals surface area contributed by atoms with Crippen LogP contribution in [0.2, 0.25) is 0 Å². The standard InChI is InChI=1S/C15H17N/c1-3-13-10-12-9-8-11-6-4-5-7-14(11)15(12)16(13)2/h4-7,10H,3,8-9H2,1-2H3. The summed E-state index contributed by atoms with van der Waals surface area (Å²) in [5.41, 5.74) is 7.35. The highest BCUT2D eigenvalue weighted by Gasteiger charge is 2.19. The summed E-state index contributed by atoms with van der Waals surface area (Å²) in [7, 11) is 2.19. The van der Waals surface area contributed by atoms with Gasteiger partial charge in [-0.05, 0) is 36.5 Å². The molecule has 0 aliphatic heterocycles. The second kappa shape index (κ2) is 3.51. The molecule has 0 fully saturated rings. The number of benzene rings is 1. The molecule has 16 heavy (non-hydrogen) atoms. The molecule has 1 aliphatic carbocycles. The molecule has 1 aliphatic rings. The monoisotopic (exact) mass is 211 g/mol. The Balaban J connectivity index is 2.27. The van der Waals surface area contributed by atoms with Gasteiger partial charge in [-0.15, -0.1) is 0 Å². The van der Waals surface area contributed by atoms with E-state index in [4.69, 9.17) is 0 Å². The molecule has 0 atom stereocenters. The minimum Gasteiger partial charge on any atom is -0.347 e. The van der Waals surface area contributed by atoms with E-state index in [1.807, 2.05) is 0 Å². The maximum Gasteiger partial charge on any atom is 0.0515 e. The molecule has 0 radical (unpaired) electrons. The Morgan fingerprint density at radius 1 is 1.12 bits per heavy atom. The van der Waals surface area contributed by atoms with Crippen molar-refractivity contribution >= 4 is 0 Å². The summed E-state index contributed by atoms with van der Waals surface area (Å²) in [6, 6.07) is 11.2. The van der Waals surface area contributed by atoms with Crippen molar-refractivity contribution in [3.63, 3.8) is 0 Å². The van der Waals surface area contributed by atoms with Crippen molar-refractivity contribution in [2.45, 2.75) is 26.2 Å². The summed E-state index contributed by atoms with van der Waals surface area (Å²) in [4.78, 5) is 0. The first kappa shape index (κ1) is 9.71. The first-order valence-corrected chi connectivity index (χ1v) is 6.07. The van der Waals surface area contributed by atoms with Crippen molar-refractivity contribution in [2.24, 2.45) is 7.05 Å². The fourth-order valence-electron chi connectivity index (χ4n) is 2.85. The number of hydrogen-bond acceptors (Lipinski definition) is 0. The average molecular weight is 211 g/mol. The highest BCUT2D eigenvalue weighted by Crippen LogP contribution is 2.35. The quantitative estimate of drug-likeness (QED) is 0.681. The third-order valence-electron chi connectivity index (χ3n) is 3.71. The first-order chi connectivity index (χ1) is 7.81. The summed E-state index contributed by atoms with van der Waals surface area (Å²) >= 11 is 0. The van der Waals surface area contributed by atoms with Crippen LogP contribution in [0.25, 0.3) is 11.3 Å². The Labute approximate surface area is 96.7 Å². The molecule has 0 amide bonds. The lowest BCUT2D eigenvalue weighted by Gasteiger charge is -2.18. The smallest absolute Gasteiger partial charge is 0.0515 e. The Morgan fingerprint density at radius 2 is 1.88 bits per heavy atom. The molecule has 0 bridgehead atoms. The molecule has 3 rings (SSSR count). The number of hydrogen-bond donors (Lipinski definition) is 0. The van der Waals surface area contributed by atoms with E-state index in [0.717, 1.165) is 6.42 Å². The van der Waals surface area contributed by atoms with Crippen molar-refractivity contribution in [1.82, 2.24) is 4.57 Å². The van der Waals surface area contributed by atoms with Crippen molar-refractivity contribution in [3.8, 4) is 11.3 Å². The van der Waals surface area contributed by atoms with E-state index < -0.39 is 0 Å². The van der Waals surface area contributed by atoms with E-state index >= 15 is 0 Å². The van der Waals surface area contributed by atoms with Crippen molar-refractivity contribution in [1.29, 1.82) is 0 Å². The van der Waals surface area contributed by atoms with E-state index in [9.17, 15) is 0 Å². The van der Waals surface area contributed by atoms with Gasteiger partial charge in [0.2, 0.25) is 0 Å². The van der Waals surface area contributed by atoms with Gasteiger partial charge in [0.15, 0.2) is 0 Å². The van der Waals surface area contributed by atoms with Crippen LogP contribution < -0.4 is 0 Å². The minimum absolute atomic E-state index is 1.12. The molecular formula is C15H17N. The number of rotatable bonds is 1. The van der Waals surface area contributed by atoms with Crippen molar-refractivity contribution in [3.05, 3.63) is 47.2 Å². The molecule has 0 N–H and O–H groups in total. The molecule has 1 aromatic heterocycles. The summed E-state index contributed by atoms with van der Waals surface area (Å²) in [5, 5.41) is 0. The van der Waals surface area contributed by atoms with E-state index in [1.165, 1.54) is 40.9 Å². The normalized spacial score (nSPS) is 13.4. The molecule has 2 aromatic rings. The van der Waals surface area contributed by atoms with Crippen molar-refractivity contribution in [2.75, 3.05) is 0 Å². The number of aromatic nitrogens is 1. The Bertz CT molecular complexity index is 534. The lowest BCUT2D eigenvalue weighted by molar-refractivity contribution is 0.833. The zero-order valence-electron chi connectivity index (χ0n) is 9.96. The Morgan fingerprint density at radius 3 is 2.69 bits per heavy atom. The van der Waals surface area contributed by atoms with Gasteiger partial charge in [-0.2, -0.15) is 0 Å². The molecule has 0 saturated heterocycles. The average Bonchev–Trinajstić information content (AvgIpc) is 2.66. The molecule has 1 aromatic carbocycles. The molecule has 0 saturated carbocycles. The maximum absolute atomic E-state index is 2.38. The number of nitrogens with zero attached hydrogens (tertiary/aromatic N) is 1. The maximum atomic E-state index is 2.38. The summed E-state index contributed by atoms with van der Waals surface area (Å²) in [5.74, 6) is 0. The van der Waals surface area contributed by atoms with Gasteiger partial charge in [-0.25, -0.2) is 0 Å². The zero-order valence-corrected chi connectivity index (χ0v) is 9.96. The van der Waals surface area contributed by atoms with Crippen LogP contribution in [0.15, 0.2) is 30.3 Å². The van der Waals surface area contributed by atoms with Crippen LogP contribution in [0.5, 0.6) is 0 Å². The topological polar surface area (TPSA) is 4.93 Å². The van der Waals surface area contributed by atoms with Gasteiger partial charge < -0.3 is 4.57 Å². The highest BCUT2D eigenvalue weighted by molar-refractivity contribution is 5.71. The van der Waals surface area contributed by atoms with Crippen LogP contribution in [-0.4, -0.2) is 4.57 Å². The lowest BCUT2D eigenvalue weighted by atomic mass is 9.90. The summed E-state index contributed by atoms with van der Waals surface area (Å²) in [6.07, 6.45) is 3.50. The van der Waals surface area contributed by atoms with E-state index in [0.29, 0.717) is 0 Å². The third kappa shape index (κ3) is 1.24. The molecular weight excluding hydrogens is 194 g/mol. The lowest BCUT2D eigenvalue weighted by Crippen LogP contribution is -2.05. The van der Waals surface area contributed by atoms with Gasteiger partial charge in [0, 0.05) is 18.3 Å². The molecule has 1 heterocycles. The van der Waals surface area contributed by atoms with Gasteiger partial charge in [-0.3, -0.25) is 0 Å². The number of fused-ring (bicyclic) bond motifs is 3. The second-order valence-electron chi connectivity index (χ2n) is 4.58. The molecule has 0 spiro atoms. The fraction of sp³-hybridized carbons (Fsp3) is 0.333. The second-order valence-corrected chi connectivity index (χ2v) is 4.58. The van der Waals surface area contributed by atoms with Gasteiger partial charge in [0.1, 0.15) is 0 Å². The zero-order chi connectivity index (χ0) is 11.1. The predicted octanol–water partition coefficient (Wildman–Crippen LogP) is 3.35. The summed E-state index contributed by atoms with van der Waals surface area (Å²) < 4.78 is 2.37. The fourth-order valence-corrected chi connectivity index (χ4v) is 2.85. The van der Waals surface area contributed by atoms with Gasteiger partial charge in [-0.1, -0.05) is 31.2 Å². The first-order valence-electron chi connectivity index (χ1n) is 6.07. The molecule has 1 heteroatoms.